The highest BCUT2D eigenvalue weighted by molar-refractivity contribution is 6.12. The summed E-state index contributed by atoms with van der Waals surface area (Å²) < 4.78 is 30.0. The van der Waals surface area contributed by atoms with Gasteiger partial charge in [0.1, 0.15) is 7.05 Å². The van der Waals surface area contributed by atoms with Crippen molar-refractivity contribution in [3.05, 3.63) is 77.0 Å². The van der Waals surface area contributed by atoms with Crippen LogP contribution in [-0.2, 0) is 7.05 Å². The minimum Gasteiger partial charge on any atom is -0.207 e. The Kier molecular flexibility index (Phi) is 5.03. The van der Waals surface area contributed by atoms with Crippen LogP contribution in [0.2, 0.25) is 0 Å². The highest BCUT2D eigenvalue weighted by Crippen LogP contribution is 2.45. The monoisotopic (exact) mass is 430 g/mol. The minimum absolute atomic E-state index is 0.0182. The van der Waals surface area contributed by atoms with Crippen molar-refractivity contribution in [1.82, 2.24) is 0 Å². The van der Waals surface area contributed by atoms with Crippen molar-refractivity contribution in [2.24, 2.45) is 7.05 Å². The second kappa shape index (κ2) is 7.65. The zero-order valence-electron chi connectivity index (χ0n) is 19.3. The number of halogens is 2. The lowest BCUT2D eigenvalue weighted by molar-refractivity contribution is -0.659. The number of nitrogens with zero attached hydrogens (tertiary/aromatic N) is 1. The van der Waals surface area contributed by atoms with E-state index >= 15 is 0 Å². The van der Waals surface area contributed by atoms with E-state index in [1.165, 1.54) is 55.1 Å². The van der Waals surface area contributed by atoms with Crippen molar-refractivity contribution in [3.63, 3.8) is 0 Å². The summed E-state index contributed by atoms with van der Waals surface area (Å²) in [5.74, 6) is -2.35. The zero-order valence-corrected chi connectivity index (χ0v) is 19.3. The number of hydrogen-bond acceptors (Lipinski definition) is 0. The van der Waals surface area contributed by atoms with Gasteiger partial charge in [0.25, 0.3) is 0 Å². The molecule has 1 nitrogen and oxygen atoms in total. The van der Waals surface area contributed by atoms with E-state index in [2.05, 4.69) is 87.1 Å². The predicted molar refractivity (Wildman–Crippen MR) is 128 cm³/mol. The van der Waals surface area contributed by atoms with Gasteiger partial charge in [0, 0.05) is 24.3 Å². The highest BCUT2D eigenvalue weighted by Gasteiger charge is 2.36. The van der Waals surface area contributed by atoms with Gasteiger partial charge in [-0.25, -0.2) is 13.3 Å². The second-order valence-electron chi connectivity index (χ2n) is 9.63. The molecule has 0 radical (unpaired) electrons. The molecule has 0 spiro atoms. The van der Waals surface area contributed by atoms with Crippen molar-refractivity contribution in [2.45, 2.75) is 58.3 Å². The van der Waals surface area contributed by atoms with Gasteiger partial charge in [0.15, 0.2) is 6.20 Å². The van der Waals surface area contributed by atoms with Crippen LogP contribution in [0.15, 0.2) is 54.7 Å². The van der Waals surface area contributed by atoms with Gasteiger partial charge in [0.2, 0.25) is 11.6 Å². The second-order valence-corrected chi connectivity index (χ2v) is 9.63. The summed E-state index contributed by atoms with van der Waals surface area (Å²) in [6.45, 7) is 6.50. The summed E-state index contributed by atoms with van der Waals surface area (Å²) in [7, 11) is 2.10. The lowest BCUT2D eigenvalue weighted by atomic mass is 9.79. The van der Waals surface area contributed by atoms with Crippen molar-refractivity contribution in [1.29, 1.82) is 0 Å². The van der Waals surface area contributed by atoms with E-state index < -0.39 is 5.92 Å². The maximum atomic E-state index is 13.9. The van der Waals surface area contributed by atoms with Crippen molar-refractivity contribution in [3.8, 4) is 11.3 Å². The Hall–Kier alpha value is -2.81. The van der Waals surface area contributed by atoms with E-state index in [4.69, 9.17) is 0 Å². The number of hydrogen-bond donors (Lipinski definition) is 0. The van der Waals surface area contributed by atoms with E-state index in [-0.39, 0.29) is 18.8 Å². The van der Waals surface area contributed by atoms with Crippen molar-refractivity contribution < 1.29 is 13.3 Å². The summed E-state index contributed by atoms with van der Waals surface area (Å²) in [5, 5.41) is 4.83. The molecule has 0 aliphatic heterocycles. The normalized spacial score (nSPS) is 16.7. The number of benzene rings is 3. The molecule has 32 heavy (non-hydrogen) atoms. The van der Waals surface area contributed by atoms with Crippen molar-refractivity contribution >= 4 is 21.5 Å². The van der Waals surface area contributed by atoms with Crippen LogP contribution < -0.4 is 4.57 Å². The average Bonchev–Trinajstić information content (AvgIpc) is 2.76. The van der Waals surface area contributed by atoms with Gasteiger partial charge >= 0.3 is 0 Å². The van der Waals surface area contributed by atoms with Crippen LogP contribution in [0.4, 0.5) is 8.78 Å². The van der Waals surface area contributed by atoms with Crippen LogP contribution in [0, 0.1) is 20.8 Å². The largest absolute Gasteiger partial charge is 0.248 e. The first kappa shape index (κ1) is 21.1. The Labute approximate surface area is 188 Å². The molecule has 3 aromatic carbocycles. The molecule has 1 aliphatic rings. The van der Waals surface area contributed by atoms with Gasteiger partial charge in [0.05, 0.1) is 10.9 Å². The van der Waals surface area contributed by atoms with Gasteiger partial charge in [-0.05, 0) is 79.1 Å². The fraction of sp³-hybridized carbons (Fsp3) is 0.345. The van der Waals surface area contributed by atoms with E-state index in [0.717, 1.165) is 0 Å². The van der Waals surface area contributed by atoms with E-state index in [9.17, 15) is 8.78 Å². The van der Waals surface area contributed by atoms with Gasteiger partial charge < -0.3 is 0 Å². The molecule has 0 unspecified atom stereocenters. The predicted octanol–water partition coefficient (Wildman–Crippen LogP) is 7.70. The Bertz CT molecular complexity index is 1340. The smallest absolute Gasteiger partial charge is 0.207 e. The summed E-state index contributed by atoms with van der Waals surface area (Å²) in [5.41, 5.74) is 7.47. The number of pyridine rings is 1. The molecular formula is C29H30F2N+. The minimum atomic E-state index is -2.52. The summed E-state index contributed by atoms with van der Waals surface area (Å²) in [6, 6.07) is 17.5. The van der Waals surface area contributed by atoms with Crippen LogP contribution >= 0.6 is 0 Å². The van der Waals surface area contributed by atoms with Crippen molar-refractivity contribution in [2.75, 3.05) is 0 Å². The molecule has 1 aromatic heterocycles. The molecule has 1 fully saturated rings. The molecule has 1 heterocycles. The quantitative estimate of drug-likeness (QED) is 0.227. The topological polar surface area (TPSA) is 3.88 Å². The Balaban J connectivity index is 1.83. The SMILES string of the molecule is Cc1cc(C)c(C)c(-c2c3cc(C4CCC(F)(F)CC4)c4ccccc4c3cc[n+]2C)c1. The van der Waals surface area contributed by atoms with Crippen LogP contribution in [0.25, 0.3) is 32.8 Å². The van der Waals surface area contributed by atoms with Crippen LogP contribution in [0.3, 0.4) is 0 Å². The number of fused-ring (bicyclic) bond motifs is 3. The molecule has 1 aliphatic carbocycles. The van der Waals surface area contributed by atoms with Crippen LogP contribution in [0.1, 0.15) is 53.9 Å². The Morgan fingerprint density at radius 1 is 0.844 bits per heavy atom. The zero-order chi connectivity index (χ0) is 22.6. The third-order valence-corrected chi connectivity index (χ3v) is 7.41. The highest BCUT2D eigenvalue weighted by atomic mass is 19.3. The van der Waals surface area contributed by atoms with E-state index in [1.54, 1.807) is 0 Å². The molecule has 0 bridgehead atoms. The lowest BCUT2D eigenvalue weighted by Crippen LogP contribution is -2.31. The maximum absolute atomic E-state index is 13.9. The number of aromatic nitrogens is 1. The van der Waals surface area contributed by atoms with Crippen LogP contribution in [-0.4, -0.2) is 5.92 Å². The maximum Gasteiger partial charge on any atom is 0.248 e. The molecule has 0 saturated heterocycles. The molecule has 164 valence electrons. The van der Waals surface area contributed by atoms with E-state index in [1.807, 2.05) is 0 Å². The average molecular weight is 431 g/mol. The first-order valence-corrected chi connectivity index (χ1v) is 11.6. The lowest BCUT2D eigenvalue weighted by Gasteiger charge is -2.29. The van der Waals surface area contributed by atoms with Gasteiger partial charge in [-0.3, -0.25) is 0 Å². The summed E-state index contributed by atoms with van der Waals surface area (Å²) in [6.07, 6.45) is 3.19. The van der Waals surface area contributed by atoms with Gasteiger partial charge in [-0.1, -0.05) is 35.9 Å². The summed E-state index contributed by atoms with van der Waals surface area (Å²) in [4.78, 5) is 0. The van der Waals surface area contributed by atoms with Gasteiger partial charge in [-0.2, -0.15) is 0 Å². The molecule has 1 saturated carbocycles. The molecule has 0 N–H and O–H groups in total. The number of alkyl halides is 2. The first-order chi connectivity index (χ1) is 15.2. The Morgan fingerprint density at radius 2 is 1.50 bits per heavy atom. The molecular weight excluding hydrogens is 400 g/mol. The molecule has 0 amide bonds. The fourth-order valence-corrected chi connectivity index (χ4v) is 5.56. The molecule has 3 heteroatoms. The van der Waals surface area contributed by atoms with Gasteiger partial charge in [-0.15, -0.1) is 0 Å². The summed E-state index contributed by atoms with van der Waals surface area (Å²) >= 11 is 0. The van der Waals surface area contributed by atoms with Crippen LogP contribution in [0.5, 0.6) is 0 Å². The number of aryl methyl sites for hydroxylation is 3. The number of rotatable bonds is 2. The molecule has 4 aromatic rings. The third-order valence-electron chi connectivity index (χ3n) is 7.41. The standard InChI is InChI=1S/C29H30F2N/c1-18-15-19(2)20(3)25(16-18)28-27-17-26(21-9-12-29(30,31)13-10-21)23-8-6-5-7-22(23)24(27)11-14-32(28)4/h5-8,11,14-17,21H,9-10,12-13H2,1-4H3/q+1. The molecule has 5 rings (SSSR count). The first-order valence-electron chi connectivity index (χ1n) is 11.6. The fourth-order valence-electron chi connectivity index (χ4n) is 5.56. The van der Waals surface area contributed by atoms with E-state index in [0.29, 0.717) is 12.8 Å². The Morgan fingerprint density at radius 3 is 2.22 bits per heavy atom. The molecule has 0 atom stereocenters. The third kappa shape index (κ3) is 3.48.